The number of anilines is 2. The summed E-state index contributed by atoms with van der Waals surface area (Å²) in [7, 11) is 0. The second kappa shape index (κ2) is 8.69. The van der Waals surface area contributed by atoms with Crippen molar-refractivity contribution >= 4 is 23.4 Å². The van der Waals surface area contributed by atoms with Crippen LogP contribution in [0.2, 0.25) is 0 Å². The molecule has 0 aromatic heterocycles. The zero-order valence-electron chi connectivity index (χ0n) is 16.4. The Morgan fingerprint density at radius 3 is 2.63 bits per heavy atom. The number of hydrogen-bond acceptors (Lipinski definition) is 4. The van der Waals surface area contributed by atoms with E-state index in [4.69, 9.17) is 14.2 Å². The van der Waals surface area contributed by atoms with E-state index in [0.717, 1.165) is 0 Å². The van der Waals surface area contributed by atoms with E-state index >= 15 is 0 Å². The van der Waals surface area contributed by atoms with Crippen molar-refractivity contribution in [2.75, 3.05) is 18.3 Å². The van der Waals surface area contributed by atoms with Gasteiger partial charge in [-0.1, -0.05) is 18.2 Å². The van der Waals surface area contributed by atoms with Gasteiger partial charge in [0.2, 0.25) is 6.79 Å². The van der Waals surface area contributed by atoms with E-state index in [1.807, 2.05) is 37.3 Å². The Bertz CT molecular complexity index is 1080. The zero-order valence-corrected chi connectivity index (χ0v) is 16.4. The summed E-state index contributed by atoms with van der Waals surface area (Å²) in [4.78, 5) is 14.8. The standard InChI is InChI=1S/C24H20FNO4/c1-2-28-22-14-18(25)10-8-17(22)9-13-24(27)26(19-6-4-3-5-7-19)20-11-12-21-23(15-20)30-16-29-21/h3-15H,2,16H2,1H3/b13-9+. The van der Waals surface area contributed by atoms with Gasteiger partial charge >= 0.3 is 0 Å². The molecule has 0 spiro atoms. The molecule has 3 aromatic carbocycles. The number of amides is 1. The summed E-state index contributed by atoms with van der Waals surface area (Å²) in [6.07, 6.45) is 3.06. The molecular formula is C24H20FNO4. The van der Waals surface area contributed by atoms with Crippen molar-refractivity contribution in [2.24, 2.45) is 0 Å². The number of halogens is 1. The normalized spacial score (nSPS) is 12.2. The molecule has 1 amide bonds. The van der Waals surface area contributed by atoms with Crippen molar-refractivity contribution in [1.29, 1.82) is 0 Å². The van der Waals surface area contributed by atoms with Crippen LogP contribution in [0.1, 0.15) is 12.5 Å². The molecule has 1 aliphatic rings. The first-order chi connectivity index (χ1) is 14.7. The largest absolute Gasteiger partial charge is 0.493 e. The van der Waals surface area contributed by atoms with E-state index in [0.29, 0.717) is 40.8 Å². The van der Waals surface area contributed by atoms with Gasteiger partial charge in [-0.25, -0.2) is 4.39 Å². The fourth-order valence-electron chi connectivity index (χ4n) is 3.17. The molecule has 0 bridgehead atoms. The van der Waals surface area contributed by atoms with E-state index in [1.54, 1.807) is 35.2 Å². The highest BCUT2D eigenvalue weighted by atomic mass is 19.1. The molecule has 1 aliphatic heterocycles. The lowest BCUT2D eigenvalue weighted by Crippen LogP contribution is -2.23. The van der Waals surface area contributed by atoms with Crippen LogP contribution in [0, 0.1) is 5.82 Å². The number of carbonyl (C=O) groups excluding carboxylic acids is 1. The van der Waals surface area contributed by atoms with Crippen molar-refractivity contribution in [1.82, 2.24) is 0 Å². The second-order valence-corrected chi connectivity index (χ2v) is 6.50. The molecule has 30 heavy (non-hydrogen) atoms. The average Bonchev–Trinajstić information content (AvgIpc) is 3.22. The number of fused-ring (bicyclic) bond motifs is 1. The minimum atomic E-state index is -0.395. The fraction of sp³-hybridized carbons (Fsp3) is 0.125. The van der Waals surface area contributed by atoms with Crippen molar-refractivity contribution in [3.05, 3.63) is 84.2 Å². The first-order valence-electron chi connectivity index (χ1n) is 9.55. The van der Waals surface area contributed by atoms with Crippen molar-refractivity contribution in [3.8, 4) is 17.2 Å². The van der Waals surface area contributed by atoms with Crippen LogP contribution in [0.4, 0.5) is 15.8 Å². The molecule has 0 N–H and O–H groups in total. The summed E-state index contributed by atoms with van der Waals surface area (Å²) >= 11 is 0. The maximum Gasteiger partial charge on any atom is 0.255 e. The van der Waals surface area contributed by atoms with E-state index in [1.165, 1.54) is 18.2 Å². The van der Waals surface area contributed by atoms with E-state index in [2.05, 4.69) is 0 Å². The van der Waals surface area contributed by atoms with E-state index < -0.39 is 5.82 Å². The first-order valence-corrected chi connectivity index (χ1v) is 9.55. The van der Waals surface area contributed by atoms with Gasteiger partial charge in [0.15, 0.2) is 11.5 Å². The second-order valence-electron chi connectivity index (χ2n) is 6.50. The van der Waals surface area contributed by atoms with Crippen LogP contribution in [-0.2, 0) is 4.79 Å². The maximum atomic E-state index is 13.5. The van der Waals surface area contributed by atoms with Crippen LogP contribution < -0.4 is 19.1 Å². The Balaban J connectivity index is 1.68. The molecule has 3 aromatic rings. The lowest BCUT2D eigenvalue weighted by atomic mass is 10.1. The third-order valence-corrected chi connectivity index (χ3v) is 4.53. The van der Waals surface area contributed by atoms with Gasteiger partial charge in [0.25, 0.3) is 5.91 Å². The van der Waals surface area contributed by atoms with E-state index in [-0.39, 0.29) is 12.7 Å². The van der Waals surface area contributed by atoms with Crippen LogP contribution in [-0.4, -0.2) is 19.3 Å². The molecule has 4 rings (SSSR count). The molecule has 1 heterocycles. The summed E-state index contributed by atoms with van der Waals surface area (Å²) < 4.78 is 29.9. The molecule has 0 saturated carbocycles. The van der Waals surface area contributed by atoms with Crippen LogP contribution in [0.25, 0.3) is 6.08 Å². The van der Waals surface area contributed by atoms with Gasteiger partial charge in [-0.3, -0.25) is 9.69 Å². The number of benzene rings is 3. The molecule has 0 aliphatic carbocycles. The summed E-state index contributed by atoms with van der Waals surface area (Å²) in [5.41, 5.74) is 1.96. The molecule has 0 atom stereocenters. The molecule has 6 heteroatoms. The zero-order chi connectivity index (χ0) is 20.9. The number of rotatable bonds is 6. The fourth-order valence-corrected chi connectivity index (χ4v) is 3.17. The minimum absolute atomic E-state index is 0.156. The molecular weight excluding hydrogens is 385 g/mol. The summed E-state index contributed by atoms with van der Waals surface area (Å²) in [5.74, 6) is 0.945. The lowest BCUT2D eigenvalue weighted by Gasteiger charge is -2.22. The third-order valence-electron chi connectivity index (χ3n) is 4.53. The third kappa shape index (κ3) is 4.12. The van der Waals surface area contributed by atoms with Gasteiger partial charge in [-0.05, 0) is 49.4 Å². The summed E-state index contributed by atoms with van der Waals surface area (Å²) in [6.45, 7) is 2.37. The molecule has 0 radical (unpaired) electrons. The van der Waals surface area contributed by atoms with Gasteiger partial charge in [0.1, 0.15) is 11.6 Å². The maximum absolute atomic E-state index is 13.5. The van der Waals surface area contributed by atoms with Gasteiger partial charge < -0.3 is 14.2 Å². The number of carbonyl (C=O) groups is 1. The Kier molecular flexibility index (Phi) is 5.66. The molecule has 5 nitrogen and oxygen atoms in total. The Morgan fingerprint density at radius 2 is 1.83 bits per heavy atom. The Morgan fingerprint density at radius 1 is 1.03 bits per heavy atom. The van der Waals surface area contributed by atoms with Crippen LogP contribution in [0.5, 0.6) is 17.2 Å². The Labute approximate surface area is 173 Å². The van der Waals surface area contributed by atoms with Crippen LogP contribution in [0.15, 0.2) is 72.8 Å². The highest BCUT2D eigenvalue weighted by Crippen LogP contribution is 2.37. The highest BCUT2D eigenvalue weighted by molar-refractivity contribution is 6.09. The van der Waals surface area contributed by atoms with Gasteiger partial charge in [0.05, 0.1) is 12.3 Å². The first kappa shape index (κ1) is 19.5. The van der Waals surface area contributed by atoms with Crippen LogP contribution >= 0.6 is 0 Å². The molecule has 0 unspecified atom stereocenters. The molecule has 0 fully saturated rings. The SMILES string of the molecule is CCOc1cc(F)ccc1/C=C/C(=O)N(c1ccccc1)c1ccc2c(c1)OCO2. The topological polar surface area (TPSA) is 48.0 Å². The monoisotopic (exact) mass is 405 g/mol. The van der Waals surface area contributed by atoms with Gasteiger partial charge in [-0.2, -0.15) is 0 Å². The van der Waals surface area contributed by atoms with Gasteiger partial charge in [-0.15, -0.1) is 0 Å². The lowest BCUT2D eigenvalue weighted by molar-refractivity contribution is -0.113. The molecule has 0 saturated heterocycles. The smallest absolute Gasteiger partial charge is 0.255 e. The Hall–Kier alpha value is -3.80. The van der Waals surface area contributed by atoms with Crippen molar-refractivity contribution in [3.63, 3.8) is 0 Å². The van der Waals surface area contributed by atoms with Crippen molar-refractivity contribution < 1.29 is 23.4 Å². The quantitative estimate of drug-likeness (QED) is 0.520. The average molecular weight is 405 g/mol. The number of nitrogens with zero attached hydrogens (tertiary/aromatic N) is 1. The minimum Gasteiger partial charge on any atom is -0.493 e. The predicted molar refractivity (Wildman–Crippen MR) is 113 cm³/mol. The summed E-state index contributed by atoms with van der Waals surface area (Å²) in [5, 5.41) is 0. The number of para-hydroxylation sites is 1. The van der Waals surface area contributed by atoms with Crippen LogP contribution in [0.3, 0.4) is 0 Å². The molecule has 152 valence electrons. The number of hydrogen-bond donors (Lipinski definition) is 0. The number of ether oxygens (including phenoxy) is 3. The van der Waals surface area contributed by atoms with Crippen molar-refractivity contribution in [2.45, 2.75) is 6.92 Å². The summed E-state index contributed by atoms with van der Waals surface area (Å²) in [6, 6.07) is 18.9. The highest BCUT2D eigenvalue weighted by Gasteiger charge is 2.20. The predicted octanol–water partition coefficient (Wildman–Crippen LogP) is 5.33. The van der Waals surface area contributed by atoms with E-state index in [9.17, 15) is 9.18 Å². The van der Waals surface area contributed by atoms with Gasteiger partial charge in [0, 0.05) is 29.5 Å².